The lowest BCUT2D eigenvalue weighted by Crippen LogP contribution is -2.36. The average Bonchev–Trinajstić information content (AvgIpc) is 3.01. The van der Waals surface area contributed by atoms with Gasteiger partial charge in [0.2, 0.25) is 15.9 Å². The number of hydrogen-bond donors (Lipinski definition) is 1. The molecule has 1 aliphatic heterocycles. The van der Waals surface area contributed by atoms with E-state index in [0.717, 1.165) is 24.8 Å². The van der Waals surface area contributed by atoms with E-state index in [9.17, 15) is 13.2 Å². The summed E-state index contributed by atoms with van der Waals surface area (Å²) in [7, 11) is -2.02. The minimum absolute atomic E-state index is 0.0539. The van der Waals surface area contributed by atoms with Gasteiger partial charge in [-0.3, -0.25) is 9.48 Å². The summed E-state index contributed by atoms with van der Waals surface area (Å²) in [5.41, 5.74) is 1.77. The Morgan fingerprint density at radius 2 is 1.87 bits per heavy atom. The first-order chi connectivity index (χ1) is 14.3. The summed E-state index contributed by atoms with van der Waals surface area (Å²) in [6.07, 6.45) is 2.79. The van der Waals surface area contributed by atoms with E-state index in [1.54, 1.807) is 21.0 Å². The Morgan fingerprint density at radius 3 is 2.53 bits per heavy atom. The van der Waals surface area contributed by atoms with Crippen LogP contribution in [-0.2, 0) is 21.4 Å². The molecule has 2 heterocycles. The molecule has 1 aromatic heterocycles. The largest absolute Gasteiger partial charge is 0.496 e. The summed E-state index contributed by atoms with van der Waals surface area (Å²) in [5.74, 6) is 0.451. The SMILES string of the molecule is COc1ccccc1C(C)NC(=O)Cn1nc(C)c(S(=O)(=O)N2CCCCC2)c1C. The van der Waals surface area contributed by atoms with Crippen molar-refractivity contribution in [3.05, 3.63) is 41.2 Å². The maximum Gasteiger partial charge on any atom is 0.246 e. The molecule has 1 aliphatic rings. The maximum absolute atomic E-state index is 13.1. The zero-order valence-corrected chi connectivity index (χ0v) is 18.8. The predicted octanol–water partition coefficient (Wildman–Crippen LogP) is 2.56. The monoisotopic (exact) mass is 434 g/mol. The molecular weight excluding hydrogens is 404 g/mol. The molecule has 0 bridgehead atoms. The number of rotatable bonds is 7. The summed E-state index contributed by atoms with van der Waals surface area (Å²) in [4.78, 5) is 12.9. The number of sulfonamides is 1. The quantitative estimate of drug-likeness (QED) is 0.723. The molecule has 2 aromatic rings. The number of nitrogens with one attached hydrogen (secondary N) is 1. The molecular formula is C21H30N4O4S. The van der Waals surface area contributed by atoms with Crippen molar-refractivity contribution in [3.8, 4) is 5.75 Å². The standard InChI is InChI=1S/C21H30N4O4S/c1-15(18-10-6-7-11-19(18)29-4)22-20(26)14-25-17(3)21(16(2)23-25)30(27,28)24-12-8-5-9-13-24/h6-7,10-11,15H,5,8-9,12-14H2,1-4H3,(H,22,26). The van der Waals surface area contributed by atoms with Crippen LogP contribution in [-0.4, -0.2) is 48.6 Å². The Bertz CT molecular complexity index is 1010. The Kier molecular flexibility index (Phi) is 6.82. The highest BCUT2D eigenvalue weighted by Crippen LogP contribution is 2.27. The van der Waals surface area contributed by atoms with Gasteiger partial charge in [-0.05, 0) is 39.7 Å². The number of ether oxygens (including phenoxy) is 1. The smallest absolute Gasteiger partial charge is 0.246 e. The number of methoxy groups -OCH3 is 1. The van der Waals surface area contributed by atoms with E-state index >= 15 is 0 Å². The molecule has 1 atom stereocenters. The fourth-order valence-corrected chi connectivity index (χ4v) is 5.86. The van der Waals surface area contributed by atoms with E-state index in [0.29, 0.717) is 30.2 Å². The van der Waals surface area contributed by atoms with Crippen LogP contribution in [0.15, 0.2) is 29.2 Å². The average molecular weight is 435 g/mol. The second-order valence-corrected chi connectivity index (χ2v) is 9.53. The van der Waals surface area contributed by atoms with Gasteiger partial charge in [0.25, 0.3) is 0 Å². The Labute approximate surface area is 178 Å². The highest BCUT2D eigenvalue weighted by atomic mass is 32.2. The molecule has 1 N–H and O–H groups in total. The number of piperidine rings is 1. The number of carbonyl (C=O) groups is 1. The van der Waals surface area contributed by atoms with Gasteiger partial charge < -0.3 is 10.1 Å². The Hall–Kier alpha value is -2.39. The molecule has 0 radical (unpaired) electrons. The van der Waals surface area contributed by atoms with Crippen molar-refractivity contribution in [1.29, 1.82) is 0 Å². The van der Waals surface area contributed by atoms with Gasteiger partial charge in [0.1, 0.15) is 17.2 Å². The number of nitrogens with zero attached hydrogens (tertiary/aromatic N) is 3. The van der Waals surface area contributed by atoms with Crippen molar-refractivity contribution in [2.24, 2.45) is 0 Å². The van der Waals surface area contributed by atoms with Crippen LogP contribution in [0.4, 0.5) is 0 Å². The van der Waals surface area contributed by atoms with Crippen molar-refractivity contribution >= 4 is 15.9 Å². The fourth-order valence-electron chi connectivity index (χ4n) is 3.97. The van der Waals surface area contributed by atoms with Gasteiger partial charge in [0.05, 0.1) is 24.5 Å². The van der Waals surface area contributed by atoms with Gasteiger partial charge in [-0.1, -0.05) is 24.6 Å². The van der Waals surface area contributed by atoms with E-state index in [-0.39, 0.29) is 23.4 Å². The molecule has 1 amide bonds. The normalized spacial score (nSPS) is 16.3. The molecule has 1 unspecified atom stereocenters. The second-order valence-electron chi connectivity index (χ2n) is 7.65. The van der Waals surface area contributed by atoms with Crippen LogP contribution in [0.1, 0.15) is 49.2 Å². The summed E-state index contributed by atoms with van der Waals surface area (Å²) in [6, 6.07) is 7.24. The number of amides is 1. The van der Waals surface area contributed by atoms with Crippen LogP contribution in [0, 0.1) is 13.8 Å². The third-order valence-corrected chi connectivity index (χ3v) is 7.66. The number of benzene rings is 1. The first kappa shape index (κ1) is 22.3. The number of hydrogen-bond acceptors (Lipinski definition) is 5. The molecule has 8 nitrogen and oxygen atoms in total. The summed E-state index contributed by atoms with van der Waals surface area (Å²) in [6.45, 7) is 6.26. The number of para-hydroxylation sites is 1. The van der Waals surface area contributed by atoms with Crippen molar-refractivity contribution in [3.63, 3.8) is 0 Å². The Balaban J connectivity index is 1.76. The van der Waals surface area contributed by atoms with E-state index in [1.165, 1.54) is 8.99 Å². The summed E-state index contributed by atoms with van der Waals surface area (Å²) >= 11 is 0. The molecule has 1 aromatic carbocycles. The number of aromatic nitrogens is 2. The van der Waals surface area contributed by atoms with Gasteiger partial charge in [-0.2, -0.15) is 9.40 Å². The van der Waals surface area contributed by atoms with Crippen LogP contribution in [0.5, 0.6) is 5.75 Å². The third kappa shape index (κ3) is 4.52. The molecule has 9 heteroatoms. The molecule has 1 saturated heterocycles. The molecule has 30 heavy (non-hydrogen) atoms. The highest BCUT2D eigenvalue weighted by molar-refractivity contribution is 7.89. The zero-order valence-electron chi connectivity index (χ0n) is 18.0. The van der Waals surface area contributed by atoms with E-state index < -0.39 is 10.0 Å². The molecule has 1 fully saturated rings. The molecule has 3 rings (SSSR count). The minimum atomic E-state index is -3.61. The maximum atomic E-state index is 13.1. The Morgan fingerprint density at radius 1 is 1.20 bits per heavy atom. The molecule has 0 spiro atoms. The van der Waals surface area contributed by atoms with Crippen LogP contribution < -0.4 is 10.1 Å². The van der Waals surface area contributed by atoms with Crippen molar-refractivity contribution in [1.82, 2.24) is 19.4 Å². The van der Waals surface area contributed by atoms with Gasteiger partial charge in [0.15, 0.2) is 0 Å². The summed E-state index contributed by atoms with van der Waals surface area (Å²) in [5, 5.41) is 7.29. The zero-order chi connectivity index (χ0) is 21.9. The first-order valence-corrected chi connectivity index (χ1v) is 11.7. The number of carbonyl (C=O) groups excluding carboxylic acids is 1. The first-order valence-electron chi connectivity index (χ1n) is 10.2. The molecule has 164 valence electrons. The predicted molar refractivity (Wildman–Crippen MR) is 114 cm³/mol. The van der Waals surface area contributed by atoms with Gasteiger partial charge >= 0.3 is 0 Å². The van der Waals surface area contributed by atoms with Gasteiger partial charge in [-0.15, -0.1) is 0 Å². The van der Waals surface area contributed by atoms with Crippen LogP contribution in [0.2, 0.25) is 0 Å². The highest BCUT2D eigenvalue weighted by Gasteiger charge is 2.32. The fraction of sp³-hybridized carbons (Fsp3) is 0.524. The van der Waals surface area contributed by atoms with Gasteiger partial charge in [0, 0.05) is 18.7 Å². The van der Waals surface area contributed by atoms with E-state index in [4.69, 9.17) is 4.74 Å². The lowest BCUT2D eigenvalue weighted by molar-refractivity contribution is -0.122. The van der Waals surface area contributed by atoms with Crippen molar-refractivity contribution < 1.29 is 17.9 Å². The third-order valence-electron chi connectivity index (χ3n) is 5.50. The lowest BCUT2D eigenvalue weighted by Gasteiger charge is -2.26. The summed E-state index contributed by atoms with van der Waals surface area (Å²) < 4.78 is 34.6. The molecule has 0 saturated carbocycles. The molecule has 0 aliphatic carbocycles. The number of aryl methyl sites for hydroxylation is 1. The van der Waals surface area contributed by atoms with E-state index in [1.807, 2.05) is 31.2 Å². The topological polar surface area (TPSA) is 93.5 Å². The van der Waals surface area contributed by atoms with E-state index in [2.05, 4.69) is 10.4 Å². The minimum Gasteiger partial charge on any atom is -0.496 e. The van der Waals surface area contributed by atoms with Gasteiger partial charge in [-0.25, -0.2) is 8.42 Å². The van der Waals surface area contributed by atoms with Crippen molar-refractivity contribution in [2.45, 2.75) is 57.5 Å². The second kappa shape index (κ2) is 9.18. The van der Waals surface area contributed by atoms with Crippen LogP contribution in [0.3, 0.4) is 0 Å². The lowest BCUT2D eigenvalue weighted by atomic mass is 10.1. The van der Waals surface area contributed by atoms with Crippen LogP contribution >= 0.6 is 0 Å². The van der Waals surface area contributed by atoms with Crippen molar-refractivity contribution in [2.75, 3.05) is 20.2 Å². The van der Waals surface area contributed by atoms with Crippen LogP contribution in [0.25, 0.3) is 0 Å².